The maximum Gasteiger partial charge on any atom is 0.264 e. The van der Waals surface area contributed by atoms with E-state index < -0.39 is 10.0 Å². The van der Waals surface area contributed by atoms with Gasteiger partial charge in [-0.05, 0) is 68.7 Å². The minimum atomic E-state index is -3.66. The average molecular weight is 437 g/mol. The zero-order valence-electron chi connectivity index (χ0n) is 18.1. The normalized spacial score (nSPS) is 12.2. The van der Waals surface area contributed by atoms with Crippen molar-refractivity contribution in [1.82, 2.24) is 5.32 Å². The third-order valence-corrected chi connectivity index (χ3v) is 7.06. The third-order valence-electron chi connectivity index (χ3n) is 5.26. The molecule has 0 saturated carbocycles. The lowest BCUT2D eigenvalue weighted by atomic mass is 10.1. The van der Waals surface area contributed by atoms with E-state index in [2.05, 4.69) is 17.4 Å². The lowest BCUT2D eigenvalue weighted by Gasteiger charge is -2.20. The zero-order chi connectivity index (χ0) is 22.4. The first-order valence-electron chi connectivity index (χ1n) is 10.3. The third kappa shape index (κ3) is 5.73. The molecule has 3 rings (SSSR count). The molecular formula is C25H28N2O3S. The van der Waals surface area contributed by atoms with Crippen LogP contribution >= 0.6 is 0 Å². The standard InChI is InChI=1S/C25H28N2O3S/c1-19-9-17-24(18-10-19)31(29,30)27(3)23-15-13-22(14-16-23)25(28)26-20(2)11-12-21-7-5-4-6-8-21/h4-10,13-18,20H,11-12H2,1-3H3,(H,26,28)/t20-/m0/s1. The molecule has 0 fully saturated rings. The molecule has 0 heterocycles. The quantitative estimate of drug-likeness (QED) is 0.562. The van der Waals surface area contributed by atoms with Crippen LogP contribution in [0.2, 0.25) is 0 Å². The fourth-order valence-electron chi connectivity index (χ4n) is 3.24. The number of nitrogens with zero attached hydrogens (tertiary/aromatic N) is 1. The summed E-state index contributed by atoms with van der Waals surface area (Å²) in [7, 11) is -2.15. The molecule has 6 heteroatoms. The van der Waals surface area contributed by atoms with Crippen molar-refractivity contribution >= 4 is 21.6 Å². The molecule has 0 radical (unpaired) electrons. The smallest absolute Gasteiger partial charge is 0.264 e. The van der Waals surface area contributed by atoms with E-state index in [0.717, 1.165) is 18.4 Å². The molecular weight excluding hydrogens is 408 g/mol. The van der Waals surface area contributed by atoms with Gasteiger partial charge in [-0.1, -0.05) is 48.0 Å². The predicted octanol–water partition coefficient (Wildman–Crippen LogP) is 4.57. The van der Waals surface area contributed by atoms with Crippen molar-refractivity contribution in [2.75, 3.05) is 11.4 Å². The SMILES string of the molecule is Cc1ccc(S(=O)(=O)N(C)c2ccc(C(=O)N[C@@H](C)CCc3ccccc3)cc2)cc1. The van der Waals surface area contributed by atoms with Gasteiger partial charge in [-0.15, -0.1) is 0 Å². The first kappa shape index (κ1) is 22.6. The number of carbonyl (C=O) groups is 1. The molecule has 0 spiro atoms. The molecule has 3 aromatic carbocycles. The molecule has 1 atom stereocenters. The number of anilines is 1. The second-order valence-electron chi connectivity index (χ2n) is 7.73. The van der Waals surface area contributed by atoms with Crippen molar-refractivity contribution < 1.29 is 13.2 Å². The Balaban J connectivity index is 1.62. The summed E-state index contributed by atoms with van der Waals surface area (Å²) in [6.45, 7) is 3.89. The van der Waals surface area contributed by atoms with Gasteiger partial charge in [0.25, 0.3) is 15.9 Å². The lowest BCUT2D eigenvalue weighted by molar-refractivity contribution is 0.0938. The number of nitrogens with one attached hydrogen (secondary N) is 1. The second-order valence-corrected chi connectivity index (χ2v) is 9.70. The topological polar surface area (TPSA) is 66.5 Å². The summed E-state index contributed by atoms with van der Waals surface area (Å²) >= 11 is 0. The number of hydrogen-bond acceptors (Lipinski definition) is 3. The van der Waals surface area contributed by atoms with Crippen LogP contribution in [0, 0.1) is 6.92 Å². The van der Waals surface area contributed by atoms with Crippen molar-refractivity contribution in [2.24, 2.45) is 0 Å². The van der Waals surface area contributed by atoms with E-state index in [9.17, 15) is 13.2 Å². The van der Waals surface area contributed by atoms with Gasteiger partial charge in [-0.2, -0.15) is 0 Å². The van der Waals surface area contributed by atoms with Crippen LogP contribution in [-0.2, 0) is 16.4 Å². The molecule has 0 aliphatic heterocycles. The van der Waals surface area contributed by atoms with E-state index in [-0.39, 0.29) is 16.8 Å². The van der Waals surface area contributed by atoms with Crippen LogP contribution < -0.4 is 9.62 Å². The minimum Gasteiger partial charge on any atom is -0.350 e. The van der Waals surface area contributed by atoms with Gasteiger partial charge in [0.1, 0.15) is 0 Å². The van der Waals surface area contributed by atoms with Gasteiger partial charge in [0.15, 0.2) is 0 Å². The molecule has 0 unspecified atom stereocenters. The van der Waals surface area contributed by atoms with E-state index >= 15 is 0 Å². The molecule has 1 amide bonds. The number of carbonyl (C=O) groups excluding carboxylic acids is 1. The maximum absolute atomic E-state index is 12.8. The summed E-state index contributed by atoms with van der Waals surface area (Å²) < 4.78 is 26.9. The highest BCUT2D eigenvalue weighted by atomic mass is 32.2. The van der Waals surface area contributed by atoms with Gasteiger partial charge in [0.05, 0.1) is 10.6 Å². The largest absolute Gasteiger partial charge is 0.350 e. The number of rotatable bonds is 8. The fraction of sp³-hybridized carbons (Fsp3) is 0.240. The average Bonchev–Trinajstić information content (AvgIpc) is 2.78. The molecule has 0 aliphatic carbocycles. The summed E-state index contributed by atoms with van der Waals surface area (Å²) in [4.78, 5) is 12.8. The van der Waals surface area contributed by atoms with Gasteiger partial charge < -0.3 is 5.32 Å². The van der Waals surface area contributed by atoms with E-state index in [0.29, 0.717) is 11.3 Å². The first-order valence-corrected chi connectivity index (χ1v) is 11.7. The van der Waals surface area contributed by atoms with Crippen LogP contribution in [0.4, 0.5) is 5.69 Å². The van der Waals surface area contributed by atoms with Crippen LogP contribution in [0.15, 0.2) is 83.8 Å². The van der Waals surface area contributed by atoms with Crippen molar-refractivity contribution in [3.63, 3.8) is 0 Å². The Labute approximate surface area is 184 Å². The first-order chi connectivity index (χ1) is 14.8. The van der Waals surface area contributed by atoms with Crippen LogP contribution in [0.3, 0.4) is 0 Å². The molecule has 0 bridgehead atoms. The molecule has 0 aliphatic rings. The molecule has 3 aromatic rings. The van der Waals surface area contributed by atoms with Crippen LogP contribution in [-0.4, -0.2) is 27.4 Å². The Bertz CT molecular complexity index is 1110. The second kappa shape index (κ2) is 9.79. The number of amides is 1. The van der Waals surface area contributed by atoms with Crippen molar-refractivity contribution in [1.29, 1.82) is 0 Å². The van der Waals surface area contributed by atoms with Crippen LogP contribution in [0.5, 0.6) is 0 Å². The maximum atomic E-state index is 12.8. The summed E-state index contributed by atoms with van der Waals surface area (Å²) in [5, 5.41) is 3.01. The minimum absolute atomic E-state index is 0.0250. The highest BCUT2D eigenvalue weighted by molar-refractivity contribution is 7.92. The fourth-order valence-corrected chi connectivity index (χ4v) is 4.43. The van der Waals surface area contributed by atoms with Crippen molar-refractivity contribution in [2.45, 2.75) is 37.6 Å². The Hall–Kier alpha value is -3.12. The highest BCUT2D eigenvalue weighted by Crippen LogP contribution is 2.22. The lowest BCUT2D eigenvalue weighted by Crippen LogP contribution is -2.33. The Morgan fingerprint density at radius 3 is 2.16 bits per heavy atom. The van der Waals surface area contributed by atoms with Gasteiger partial charge in [-0.3, -0.25) is 9.10 Å². The monoisotopic (exact) mass is 436 g/mol. The van der Waals surface area contributed by atoms with Gasteiger partial charge in [0.2, 0.25) is 0 Å². The summed E-state index contributed by atoms with van der Waals surface area (Å²) in [6, 6.07) is 23.5. The number of benzene rings is 3. The van der Waals surface area contributed by atoms with Gasteiger partial charge >= 0.3 is 0 Å². The number of sulfonamides is 1. The van der Waals surface area contributed by atoms with Crippen LogP contribution in [0.25, 0.3) is 0 Å². The van der Waals surface area contributed by atoms with Gasteiger partial charge in [0, 0.05) is 18.7 Å². The number of hydrogen-bond donors (Lipinski definition) is 1. The Kier molecular flexibility index (Phi) is 7.13. The predicted molar refractivity (Wildman–Crippen MR) is 125 cm³/mol. The molecule has 1 N–H and O–H groups in total. The molecule has 31 heavy (non-hydrogen) atoms. The van der Waals surface area contributed by atoms with Gasteiger partial charge in [-0.25, -0.2) is 8.42 Å². The zero-order valence-corrected chi connectivity index (χ0v) is 18.9. The Morgan fingerprint density at radius 1 is 0.935 bits per heavy atom. The molecule has 0 saturated heterocycles. The number of aryl methyl sites for hydroxylation is 2. The molecule has 162 valence electrons. The molecule has 5 nitrogen and oxygen atoms in total. The van der Waals surface area contributed by atoms with E-state index in [4.69, 9.17) is 0 Å². The summed E-state index contributed by atoms with van der Waals surface area (Å²) in [5.74, 6) is -0.170. The highest BCUT2D eigenvalue weighted by Gasteiger charge is 2.21. The summed E-state index contributed by atoms with van der Waals surface area (Å²) in [5.41, 5.74) is 3.23. The van der Waals surface area contributed by atoms with Crippen LogP contribution in [0.1, 0.15) is 34.8 Å². The van der Waals surface area contributed by atoms with E-state index in [1.807, 2.05) is 32.0 Å². The molecule has 0 aromatic heterocycles. The van der Waals surface area contributed by atoms with E-state index in [1.165, 1.54) is 16.9 Å². The van der Waals surface area contributed by atoms with E-state index in [1.54, 1.807) is 48.5 Å². The Morgan fingerprint density at radius 2 is 1.55 bits per heavy atom. The van der Waals surface area contributed by atoms with Crippen molar-refractivity contribution in [3.8, 4) is 0 Å². The van der Waals surface area contributed by atoms with Crippen molar-refractivity contribution in [3.05, 3.63) is 95.6 Å². The summed E-state index contributed by atoms with van der Waals surface area (Å²) in [6.07, 6.45) is 1.73.